The van der Waals surface area contributed by atoms with E-state index in [9.17, 15) is 0 Å². The second-order valence-corrected chi connectivity index (χ2v) is 8.21. The van der Waals surface area contributed by atoms with E-state index in [0.29, 0.717) is 5.89 Å². The highest BCUT2D eigenvalue weighted by atomic mass is 35.5. The number of rotatable bonds is 2. The predicted octanol–water partition coefficient (Wildman–Crippen LogP) is 8.10. The third-order valence-corrected chi connectivity index (χ3v) is 5.89. The SMILES string of the molecule is Clc1ccc(C=Cc2nc3c(ccc4ccccc43)o2)cc1.c1ccc2scnc2c1. The molecule has 0 unspecified atom stereocenters. The molecule has 0 aliphatic carbocycles. The van der Waals surface area contributed by atoms with Crippen molar-refractivity contribution in [1.82, 2.24) is 9.97 Å². The molecule has 3 nitrogen and oxygen atoms in total. The molecular weight excluding hydrogens is 424 g/mol. The van der Waals surface area contributed by atoms with E-state index >= 15 is 0 Å². The van der Waals surface area contributed by atoms with E-state index in [4.69, 9.17) is 16.0 Å². The summed E-state index contributed by atoms with van der Waals surface area (Å²) in [5.74, 6) is 0.598. The lowest BCUT2D eigenvalue weighted by Gasteiger charge is -1.95. The zero-order valence-corrected chi connectivity index (χ0v) is 18.0. The monoisotopic (exact) mass is 440 g/mol. The minimum Gasteiger partial charge on any atom is -0.437 e. The lowest BCUT2D eigenvalue weighted by atomic mass is 10.1. The number of oxazole rings is 1. The molecule has 0 saturated carbocycles. The standard InChI is InChI=1S/C19H12ClNO.C7H5NS/c20-15-9-5-13(6-10-15)7-12-18-21-19-16-4-2-1-3-14(16)8-11-17(19)22-18;1-2-4-7-6(3-1)8-5-9-7/h1-12H;1-5H. The van der Waals surface area contributed by atoms with Gasteiger partial charge in [0, 0.05) is 16.5 Å². The summed E-state index contributed by atoms with van der Waals surface area (Å²) in [7, 11) is 0. The second kappa shape index (κ2) is 8.72. The van der Waals surface area contributed by atoms with Gasteiger partial charge in [-0.15, -0.1) is 11.3 Å². The van der Waals surface area contributed by atoms with Crippen LogP contribution in [0.15, 0.2) is 94.9 Å². The Morgan fingerprint density at radius 1 is 0.806 bits per heavy atom. The number of fused-ring (bicyclic) bond motifs is 4. The van der Waals surface area contributed by atoms with Crippen LogP contribution in [0, 0.1) is 0 Å². The first-order valence-electron chi connectivity index (χ1n) is 9.76. The van der Waals surface area contributed by atoms with Crippen LogP contribution in [-0.4, -0.2) is 9.97 Å². The normalized spacial score (nSPS) is 11.3. The van der Waals surface area contributed by atoms with Crippen LogP contribution < -0.4 is 0 Å². The Morgan fingerprint density at radius 2 is 1.61 bits per heavy atom. The molecule has 0 aliphatic heterocycles. The third-order valence-electron chi connectivity index (χ3n) is 4.83. The fourth-order valence-electron chi connectivity index (χ4n) is 3.29. The Labute approximate surface area is 188 Å². The van der Waals surface area contributed by atoms with Gasteiger partial charge in [-0.05, 0) is 47.4 Å². The zero-order valence-electron chi connectivity index (χ0n) is 16.4. The molecule has 0 spiro atoms. The molecule has 0 amide bonds. The summed E-state index contributed by atoms with van der Waals surface area (Å²) in [5.41, 5.74) is 5.72. The van der Waals surface area contributed by atoms with Crippen LogP contribution in [0.25, 0.3) is 44.2 Å². The Balaban J connectivity index is 0.000000189. The minimum atomic E-state index is 0.598. The van der Waals surface area contributed by atoms with E-state index in [0.717, 1.165) is 38.0 Å². The zero-order chi connectivity index (χ0) is 21.0. The molecule has 0 bridgehead atoms. The van der Waals surface area contributed by atoms with Crippen molar-refractivity contribution < 1.29 is 4.42 Å². The maximum atomic E-state index is 5.88. The van der Waals surface area contributed by atoms with Crippen molar-refractivity contribution in [2.45, 2.75) is 0 Å². The molecular formula is C26H17ClN2OS. The summed E-state index contributed by atoms with van der Waals surface area (Å²) in [6.45, 7) is 0. The predicted molar refractivity (Wildman–Crippen MR) is 132 cm³/mol. The summed E-state index contributed by atoms with van der Waals surface area (Å²) in [6.07, 6.45) is 3.83. The highest BCUT2D eigenvalue weighted by molar-refractivity contribution is 7.16. The number of benzene rings is 4. The van der Waals surface area contributed by atoms with Gasteiger partial charge in [0.25, 0.3) is 0 Å². The largest absolute Gasteiger partial charge is 0.437 e. The first-order chi connectivity index (χ1) is 15.3. The molecule has 150 valence electrons. The minimum absolute atomic E-state index is 0.598. The van der Waals surface area contributed by atoms with Gasteiger partial charge in [0.1, 0.15) is 5.52 Å². The van der Waals surface area contributed by atoms with E-state index in [1.165, 1.54) is 4.70 Å². The molecule has 0 fully saturated rings. The summed E-state index contributed by atoms with van der Waals surface area (Å²) in [4.78, 5) is 8.73. The maximum absolute atomic E-state index is 5.88. The van der Waals surface area contributed by atoms with Crippen LogP contribution in [0.4, 0.5) is 0 Å². The first-order valence-corrected chi connectivity index (χ1v) is 11.0. The molecule has 0 radical (unpaired) electrons. The second-order valence-electron chi connectivity index (χ2n) is 6.89. The number of halogens is 1. The van der Waals surface area contributed by atoms with Crippen molar-refractivity contribution >= 4 is 67.2 Å². The van der Waals surface area contributed by atoms with Crippen molar-refractivity contribution in [3.8, 4) is 0 Å². The van der Waals surface area contributed by atoms with Gasteiger partial charge in [-0.25, -0.2) is 9.97 Å². The molecule has 6 rings (SSSR count). The highest BCUT2D eigenvalue weighted by Crippen LogP contribution is 2.26. The molecule has 0 N–H and O–H groups in total. The molecule has 2 aromatic heterocycles. The average molecular weight is 441 g/mol. The highest BCUT2D eigenvalue weighted by Gasteiger charge is 2.06. The maximum Gasteiger partial charge on any atom is 0.220 e. The Bertz CT molecular complexity index is 1470. The van der Waals surface area contributed by atoms with Gasteiger partial charge in [-0.3, -0.25) is 0 Å². The molecule has 31 heavy (non-hydrogen) atoms. The van der Waals surface area contributed by atoms with E-state index in [1.807, 2.05) is 78.3 Å². The van der Waals surface area contributed by atoms with Crippen molar-refractivity contribution in [3.63, 3.8) is 0 Å². The molecule has 4 aromatic carbocycles. The van der Waals surface area contributed by atoms with Crippen LogP contribution in [0.5, 0.6) is 0 Å². The molecule has 0 aliphatic rings. The Morgan fingerprint density at radius 3 is 2.48 bits per heavy atom. The quantitative estimate of drug-likeness (QED) is 0.273. The van der Waals surface area contributed by atoms with Gasteiger partial charge in [0.15, 0.2) is 5.58 Å². The van der Waals surface area contributed by atoms with Gasteiger partial charge in [0.2, 0.25) is 5.89 Å². The molecule has 0 saturated heterocycles. The van der Waals surface area contributed by atoms with Gasteiger partial charge in [-0.1, -0.05) is 66.2 Å². The van der Waals surface area contributed by atoms with Crippen LogP contribution in [0.3, 0.4) is 0 Å². The van der Waals surface area contributed by atoms with Crippen LogP contribution in [0.2, 0.25) is 5.02 Å². The summed E-state index contributed by atoms with van der Waals surface area (Å²) < 4.78 is 7.06. The van der Waals surface area contributed by atoms with Crippen molar-refractivity contribution in [1.29, 1.82) is 0 Å². The van der Waals surface area contributed by atoms with Gasteiger partial charge >= 0.3 is 0 Å². The summed E-state index contributed by atoms with van der Waals surface area (Å²) in [6, 6.07) is 27.9. The molecule has 5 heteroatoms. The molecule has 2 heterocycles. The Hall–Kier alpha value is -3.47. The smallest absolute Gasteiger partial charge is 0.220 e. The first kappa shape index (κ1) is 19.5. The van der Waals surface area contributed by atoms with Gasteiger partial charge in [0.05, 0.1) is 15.7 Å². The van der Waals surface area contributed by atoms with E-state index in [2.05, 4.69) is 34.2 Å². The topological polar surface area (TPSA) is 38.9 Å². The fourth-order valence-corrected chi connectivity index (χ4v) is 4.10. The number of nitrogens with zero attached hydrogens (tertiary/aromatic N) is 2. The van der Waals surface area contributed by atoms with Crippen LogP contribution in [-0.2, 0) is 0 Å². The lowest BCUT2D eigenvalue weighted by molar-refractivity contribution is 0.590. The van der Waals surface area contributed by atoms with E-state index in [-0.39, 0.29) is 0 Å². The summed E-state index contributed by atoms with van der Waals surface area (Å²) in [5, 5.41) is 3.00. The fraction of sp³-hybridized carbons (Fsp3) is 0. The number of hydrogen-bond acceptors (Lipinski definition) is 4. The summed E-state index contributed by atoms with van der Waals surface area (Å²) >= 11 is 7.56. The number of hydrogen-bond donors (Lipinski definition) is 0. The van der Waals surface area contributed by atoms with Crippen LogP contribution >= 0.6 is 22.9 Å². The van der Waals surface area contributed by atoms with Crippen LogP contribution in [0.1, 0.15) is 11.5 Å². The third kappa shape index (κ3) is 4.36. The Kier molecular flexibility index (Phi) is 5.48. The van der Waals surface area contributed by atoms with E-state index < -0.39 is 0 Å². The molecule has 0 atom stereocenters. The number of para-hydroxylation sites is 1. The van der Waals surface area contributed by atoms with Crippen molar-refractivity contribution in [2.24, 2.45) is 0 Å². The van der Waals surface area contributed by atoms with Crippen molar-refractivity contribution in [3.05, 3.63) is 107 Å². The van der Waals surface area contributed by atoms with Gasteiger partial charge < -0.3 is 4.42 Å². The van der Waals surface area contributed by atoms with E-state index in [1.54, 1.807) is 11.3 Å². The van der Waals surface area contributed by atoms with Gasteiger partial charge in [-0.2, -0.15) is 0 Å². The number of thiazole rings is 1. The average Bonchev–Trinajstić information content (AvgIpc) is 3.46. The molecule has 6 aromatic rings. The van der Waals surface area contributed by atoms with Crippen molar-refractivity contribution in [2.75, 3.05) is 0 Å². The lowest BCUT2D eigenvalue weighted by Crippen LogP contribution is -1.75. The number of aromatic nitrogens is 2.